The zero-order valence-corrected chi connectivity index (χ0v) is 11.4. The Morgan fingerprint density at radius 2 is 1.75 bits per heavy atom. The maximum atomic E-state index is 12.7. The Hall–Kier alpha value is -2.60. The van der Waals surface area contributed by atoms with Gasteiger partial charge in [0.2, 0.25) is 0 Å². The van der Waals surface area contributed by atoms with Crippen molar-refractivity contribution in [2.75, 3.05) is 11.4 Å². The molecule has 3 heteroatoms. The van der Waals surface area contributed by atoms with Gasteiger partial charge in [0.15, 0.2) is 0 Å². The number of nitrogens with zero attached hydrogens (tertiary/aromatic N) is 2. The highest BCUT2D eigenvalue weighted by Gasteiger charge is 2.18. The van der Waals surface area contributed by atoms with E-state index in [-0.39, 0.29) is 12.3 Å². The van der Waals surface area contributed by atoms with Crippen LogP contribution in [0.4, 0.5) is 5.69 Å². The quantitative estimate of drug-likeness (QED) is 0.849. The van der Waals surface area contributed by atoms with Crippen LogP contribution in [-0.2, 0) is 6.42 Å². The fourth-order valence-corrected chi connectivity index (χ4v) is 2.17. The van der Waals surface area contributed by atoms with Crippen LogP contribution in [0.1, 0.15) is 22.8 Å². The number of hydrogen-bond donors (Lipinski definition) is 0. The molecule has 2 rings (SSSR count). The lowest BCUT2D eigenvalue weighted by Gasteiger charge is -2.22. The van der Waals surface area contributed by atoms with E-state index in [1.54, 1.807) is 11.0 Å². The molecule has 0 aromatic heterocycles. The predicted molar refractivity (Wildman–Crippen MR) is 79.6 cm³/mol. The summed E-state index contributed by atoms with van der Waals surface area (Å²) < 4.78 is 0. The number of nitriles is 1. The molecule has 3 nitrogen and oxygen atoms in total. The summed E-state index contributed by atoms with van der Waals surface area (Å²) in [5.41, 5.74) is 2.24. The van der Waals surface area contributed by atoms with Crippen molar-refractivity contribution in [3.05, 3.63) is 65.7 Å². The first-order valence-electron chi connectivity index (χ1n) is 6.59. The van der Waals surface area contributed by atoms with Crippen molar-refractivity contribution in [1.82, 2.24) is 0 Å². The fraction of sp³-hybridized carbons (Fsp3) is 0.176. The summed E-state index contributed by atoms with van der Waals surface area (Å²) in [7, 11) is 0. The molecule has 2 aromatic carbocycles. The maximum Gasteiger partial charge on any atom is 0.258 e. The molecule has 2 aromatic rings. The van der Waals surface area contributed by atoms with E-state index in [4.69, 9.17) is 5.26 Å². The van der Waals surface area contributed by atoms with Gasteiger partial charge in [0.25, 0.3) is 5.91 Å². The van der Waals surface area contributed by atoms with Crippen LogP contribution in [-0.4, -0.2) is 12.5 Å². The molecule has 0 unspecified atom stereocenters. The zero-order chi connectivity index (χ0) is 14.4. The summed E-state index contributed by atoms with van der Waals surface area (Å²) in [5, 5.41) is 8.86. The van der Waals surface area contributed by atoms with Gasteiger partial charge in [0.1, 0.15) is 0 Å². The second-order valence-corrected chi connectivity index (χ2v) is 4.38. The van der Waals surface area contributed by atoms with Crippen LogP contribution >= 0.6 is 0 Å². The van der Waals surface area contributed by atoms with Gasteiger partial charge in [0, 0.05) is 17.8 Å². The molecule has 1 amide bonds. The van der Waals surface area contributed by atoms with E-state index in [1.807, 2.05) is 55.5 Å². The van der Waals surface area contributed by atoms with Gasteiger partial charge in [-0.25, -0.2) is 0 Å². The predicted octanol–water partition coefficient (Wildman–Crippen LogP) is 3.42. The Bertz CT molecular complexity index is 629. The largest absolute Gasteiger partial charge is 0.309 e. The van der Waals surface area contributed by atoms with Crippen LogP contribution in [0.2, 0.25) is 0 Å². The maximum absolute atomic E-state index is 12.7. The van der Waals surface area contributed by atoms with E-state index in [1.165, 1.54) is 0 Å². The number of carbonyl (C=O) groups excluding carboxylic acids is 1. The van der Waals surface area contributed by atoms with E-state index in [0.29, 0.717) is 12.1 Å². The van der Waals surface area contributed by atoms with E-state index in [2.05, 4.69) is 6.07 Å². The third kappa shape index (κ3) is 2.86. The third-order valence-electron chi connectivity index (χ3n) is 3.15. The minimum Gasteiger partial charge on any atom is -0.309 e. The second-order valence-electron chi connectivity index (χ2n) is 4.38. The Labute approximate surface area is 119 Å². The molecule has 0 fully saturated rings. The van der Waals surface area contributed by atoms with Crippen molar-refractivity contribution in [3.63, 3.8) is 0 Å². The van der Waals surface area contributed by atoms with Gasteiger partial charge in [-0.05, 0) is 30.7 Å². The monoisotopic (exact) mass is 264 g/mol. The average Bonchev–Trinajstić information content (AvgIpc) is 2.50. The van der Waals surface area contributed by atoms with E-state index >= 15 is 0 Å². The number of anilines is 1. The molecule has 0 aliphatic carbocycles. The number of hydrogen-bond acceptors (Lipinski definition) is 2. The van der Waals surface area contributed by atoms with Crippen molar-refractivity contribution < 1.29 is 4.79 Å². The van der Waals surface area contributed by atoms with Crippen molar-refractivity contribution >= 4 is 11.6 Å². The lowest BCUT2D eigenvalue weighted by Crippen LogP contribution is -2.31. The third-order valence-corrected chi connectivity index (χ3v) is 3.15. The molecule has 100 valence electrons. The van der Waals surface area contributed by atoms with Crippen molar-refractivity contribution in [2.45, 2.75) is 13.3 Å². The van der Waals surface area contributed by atoms with Crippen LogP contribution in [0, 0.1) is 11.3 Å². The van der Waals surface area contributed by atoms with Crippen molar-refractivity contribution in [3.8, 4) is 6.07 Å². The van der Waals surface area contributed by atoms with Gasteiger partial charge in [-0.2, -0.15) is 5.26 Å². The summed E-state index contributed by atoms with van der Waals surface area (Å²) in [5.74, 6) is -0.0652. The van der Waals surface area contributed by atoms with E-state index in [9.17, 15) is 4.79 Å². The molecule has 0 radical (unpaired) electrons. The Kier molecular flexibility index (Phi) is 4.52. The number of rotatable bonds is 4. The number of para-hydroxylation sites is 1. The highest BCUT2D eigenvalue weighted by molar-refractivity contribution is 6.07. The summed E-state index contributed by atoms with van der Waals surface area (Å²) in [6.07, 6.45) is 0.244. The van der Waals surface area contributed by atoms with Crippen molar-refractivity contribution in [1.29, 1.82) is 5.26 Å². The topological polar surface area (TPSA) is 44.1 Å². The molecule has 0 atom stereocenters. The van der Waals surface area contributed by atoms with Gasteiger partial charge in [-0.15, -0.1) is 0 Å². The fourth-order valence-electron chi connectivity index (χ4n) is 2.17. The highest BCUT2D eigenvalue weighted by atomic mass is 16.2. The second kappa shape index (κ2) is 6.53. The Morgan fingerprint density at radius 1 is 1.10 bits per heavy atom. The minimum absolute atomic E-state index is 0.0652. The minimum atomic E-state index is -0.0652. The number of benzene rings is 2. The number of amides is 1. The van der Waals surface area contributed by atoms with Crippen LogP contribution in [0.15, 0.2) is 54.6 Å². The molecule has 0 aliphatic heterocycles. The molecule has 0 bridgehead atoms. The van der Waals surface area contributed by atoms with Crippen LogP contribution in [0.3, 0.4) is 0 Å². The van der Waals surface area contributed by atoms with Gasteiger partial charge < -0.3 is 4.90 Å². The molecular formula is C17H16N2O. The summed E-state index contributed by atoms with van der Waals surface area (Å²) in [6.45, 7) is 2.53. The van der Waals surface area contributed by atoms with Crippen LogP contribution < -0.4 is 4.90 Å². The van der Waals surface area contributed by atoms with Crippen molar-refractivity contribution in [2.24, 2.45) is 0 Å². The number of carbonyl (C=O) groups is 1. The molecule has 0 spiro atoms. The smallest absolute Gasteiger partial charge is 0.258 e. The standard InChI is InChI=1S/C17H16N2O/c1-2-19(15-9-4-3-5-10-15)17(20)16-11-7-6-8-14(16)12-13-18/h3-11H,2,12H2,1H3. The van der Waals surface area contributed by atoms with Gasteiger partial charge in [-0.1, -0.05) is 36.4 Å². The average molecular weight is 264 g/mol. The summed E-state index contributed by atoms with van der Waals surface area (Å²) in [4.78, 5) is 14.4. The first-order valence-corrected chi connectivity index (χ1v) is 6.59. The van der Waals surface area contributed by atoms with Crippen LogP contribution in [0.5, 0.6) is 0 Å². The van der Waals surface area contributed by atoms with Gasteiger partial charge >= 0.3 is 0 Å². The first-order chi connectivity index (χ1) is 9.77. The molecule has 0 saturated heterocycles. The normalized spacial score (nSPS) is 9.80. The van der Waals surface area contributed by atoms with E-state index in [0.717, 1.165) is 11.3 Å². The first kappa shape index (κ1) is 13.8. The Balaban J connectivity index is 2.37. The molecule has 0 aliphatic rings. The van der Waals surface area contributed by atoms with Gasteiger partial charge in [0.05, 0.1) is 12.5 Å². The lowest BCUT2D eigenvalue weighted by atomic mass is 10.0. The molecule has 0 saturated carbocycles. The summed E-state index contributed by atoms with van der Waals surface area (Å²) >= 11 is 0. The van der Waals surface area contributed by atoms with E-state index < -0.39 is 0 Å². The summed E-state index contributed by atoms with van der Waals surface area (Å²) in [6, 6.07) is 19.0. The van der Waals surface area contributed by atoms with Gasteiger partial charge in [-0.3, -0.25) is 4.79 Å². The lowest BCUT2D eigenvalue weighted by molar-refractivity contribution is 0.0987. The highest BCUT2D eigenvalue weighted by Crippen LogP contribution is 2.19. The SMILES string of the molecule is CCN(C(=O)c1ccccc1CC#N)c1ccccc1. The Morgan fingerprint density at radius 3 is 2.40 bits per heavy atom. The molecular weight excluding hydrogens is 248 g/mol. The van der Waals surface area contributed by atoms with Crippen LogP contribution in [0.25, 0.3) is 0 Å². The zero-order valence-electron chi connectivity index (χ0n) is 11.4. The molecule has 0 N–H and O–H groups in total. The molecule has 20 heavy (non-hydrogen) atoms. The molecule has 0 heterocycles.